The molecular weight excluding hydrogens is 226 g/mol. The molecule has 0 saturated heterocycles. The van der Waals surface area contributed by atoms with Gasteiger partial charge in [0.25, 0.3) is 0 Å². The lowest BCUT2D eigenvalue weighted by Gasteiger charge is -2.13. The molecule has 1 aromatic carbocycles. The second-order valence-electron chi connectivity index (χ2n) is 3.85. The largest absolute Gasteiger partial charge is 0.496 e. The number of hydrogen-bond donors (Lipinski definition) is 1. The summed E-state index contributed by atoms with van der Waals surface area (Å²) in [7, 11) is 3.54. The summed E-state index contributed by atoms with van der Waals surface area (Å²) in [4.78, 5) is 8.65. The molecule has 2 aromatic rings. The Morgan fingerprint density at radius 1 is 1.22 bits per heavy atom. The summed E-state index contributed by atoms with van der Waals surface area (Å²) in [6.45, 7) is 2.10. The third-order valence-corrected chi connectivity index (χ3v) is 2.90. The van der Waals surface area contributed by atoms with E-state index in [0.717, 1.165) is 34.8 Å². The third kappa shape index (κ3) is 2.14. The molecule has 0 saturated carbocycles. The molecule has 0 aliphatic rings. The number of aromatic nitrogens is 2. The van der Waals surface area contributed by atoms with Crippen LogP contribution in [0.3, 0.4) is 0 Å². The highest BCUT2D eigenvalue weighted by Crippen LogP contribution is 2.32. The van der Waals surface area contributed by atoms with Crippen molar-refractivity contribution in [3.05, 3.63) is 36.2 Å². The molecule has 1 N–H and O–H groups in total. The summed E-state index contributed by atoms with van der Waals surface area (Å²) < 4.78 is 5.39. The summed E-state index contributed by atoms with van der Waals surface area (Å²) in [6, 6.07) is 7.89. The van der Waals surface area contributed by atoms with E-state index in [1.54, 1.807) is 13.4 Å². The maximum Gasteiger partial charge on any atom is 0.132 e. The van der Waals surface area contributed by atoms with E-state index in [2.05, 4.69) is 22.2 Å². The number of nitrogens with one attached hydrogen (secondary N) is 1. The maximum atomic E-state index is 5.39. The highest BCUT2D eigenvalue weighted by molar-refractivity contribution is 5.73. The lowest BCUT2D eigenvalue weighted by Crippen LogP contribution is -2.02. The molecular formula is C14H17N3O. The van der Waals surface area contributed by atoms with Crippen LogP contribution in [0.5, 0.6) is 5.75 Å². The number of nitrogens with zero attached hydrogens (tertiary/aromatic N) is 2. The number of ether oxygens (including phenoxy) is 1. The van der Waals surface area contributed by atoms with Gasteiger partial charge in [0.1, 0.15) is 17.9 Å². The first kappa shape index (κ1) is 12.4. The average molecular weight is 243 g/mol. The van der Waals surface area contributed by atoms with Crippen molar-refractivity contribution in [2.24, 2.45) is 0 Å². The van der Waals surface area contributed by atoms with E-state index in [1.807, 2.05) is 31.3 Å². The zero-order valence-corrected chi connectivity index (χ0v) is 10.9. The van der Waals surface area contributed by atoms with Gasteiger partial charge in [-0.05, 0) is 18.6 Å². The molecule has 0 unspecified atom stereocenters. The second-order valence-corrected chi connectivity index (χ2v) is 3.85. The Morgan fingerprint density at radius 3 is 2.67 bits per heavy atom. The minimum absolute atomic E-state index is 0.827. The number of benzene rings is 1. The van der Waals surface area contributed by atoms with Crippen molar-refractivity contribution in [3.8, 4) is 17.0 Å². The summed E-state index contributed by atoms with van der Waals surface area (Å²) in [6.07, 6.45) is 2.44. The molecule has 4 nitrogen and oxygen atoms in total. The van der Waals surface area contributed by atoms with Crippen molar-refractivity contribution < 1.29 is 4.74 Å². The van der Waals surface area contributed by atoms with Crippen molar-refractivity contribution in [2.75, 3.05) is 19.5 Å². The molecule has 0 bridgehead atoms. The van der Waals surface area contributed by atoms with Gasteiger partial charge in [-0.1, -0.05) is 19.1 Å². The van der Waals surface area contributed by atoms with Crippen LogP contribution in [0.15, 0.2) is 30.6 Å². The van der Waals surface area contributed by atoms with Gasteiger partial charge >= 0.3 is 0 Å². The van der Waals surface area contributed by atoms with E-state index in [9.17, 15) is 0 Å². The number of para-hydroxylation sites is 1. The Morgan fingerprint density at radius 2 is 2.00 bits per heavy atom. The van der Waals surface area contributed by atoms with E-state index < -0.39 is 0 Å². The number of hydrogen-bond acceptors (Lipinski definition) is 4. The van der Waals surface area contributed by atoms with Crippen molar-refractivity contribution in [2.45, 2.75) is 13.3 Å². The van der Waals surface area contributed by atoms with E-state index in [4.69, 9.17) is 4.74 Å². The molecule has 0 spiro atoms. The van der Waals surface area contributed by atoms with Crippen LogP contribution in [0.2, 0.25) is 0 Å². The predicted molar refractivity (Wildman–Crippen MR) is 72.9 cm³/mol. The second kappa shape index (κ2) is 5.49. The molecule has 18 heavy (non-hydrogen) atoms. The van der Waals surface area contributed by atoms with E-state index >= 15 is 0 Å². The van der Waals surface area contributed by atoms with Gasteiger partial charge in [0.15, 0.2) is 0 Å². The first-order valence-corrected chi connectivity index (χ1v) is 5.96. The Balaban J connectivity index is 2.63. The fraction of sp³-hybridized carbons (Fsp3) is 0.286. The van der Waals surface area contributed by atoms with Crippen LogP contribution in [0.4, 0.5) is 5.82 Å². The standard InChI is InChI=1S/C14H17N3O/c1-4-10-13(16-9-17-14(10)15-2)11-7-5-6-8-12(11)18-3/h5-9H,4H2,1-3H3,(H,15,16,17). The smallest absolute Gasteiger partial charge is 0.132 e. The van der Waals surface area contributed by atoms with E-state index in [1.165, 1.54) is 0 Å². The quantitative estimate of drug-likeness (QED) is 0.897. The Hall–Kier alpha value is -2.10. The van der Waals surface area contributed by atoms with Gasteiger partial charge in [-0.25, -0.2) is 9.97 Å². The van der Waals surface area contributed by atoms with Crippen LogP contribution >= 0.6 is 0 Å². The number of rotatable bonds is 4. The minimum Gasteiger partial charge on any atom is -0.496 e. The fourth-order valence-corrected chi connectivity index (χ4v) is 2.04. The summed E-state index contributed by atoms with van der Waals surface area (Å²) in [5.74, 6) is 1.70. The molecule has 0 aliphatic carbocycles. The SMILES string of the molecule is CCc1c(NC)ncnc1-c1ccccc1OC. The van der Waals surface area contributed by atoms with Gasteiger partial charge in [-0.3, -0.25) is 0 Å². The van der Waals surface area contributed by atoms with Crippen molar-refractivity contribution in [1.82, 2.24) is 9.97 Å². The highest BCUT2D eigenvalue weighted by Gasteiger charge is 2.13. The van der Waals surface area contributed by atoms with Crippen molar-refractivity contribution >= 4 is 5.82 Å². The monoisotopic (exact) mass is 243 g/mol. The molecule has 0 radical (unpaired) electrons. The highest BCUT2D eigenvalue weighted by atomic mass is 16.5. The normalized spacial score (nSPS) is 10.2. The van der Waals surface area contributed by atoms with Crippen LogP contribution in [0.25, 0.3) is 11.3 Å². The molecule has 0 aliphatic heterocycles. The average Bonchev–Trinajstić information content (AvgIpc) is 2.46. The van der Waals surface area contributed by atoms with Crippen LogP contribution in [0, 0.1) is 0 Å². The topological polar surface area (TPSA) is 47.0 Å². The first-order valence-electron chi connectivity index (χ1n) is 5.96. The fourth-order valence-electron chi connectivity index (χ4n) is 2.04. The summed E-state index contributed by atoms with van der Waals surface area (Å²) in [5, 5.41) is 3.10. The molecule has 4 heteroatoms. The Kier molecular flexibility index (Phi) is 3.77. The van der Waals surface area contributed by atoms with Gasteiger partial charge in [-0.2, -0.15) is 0 Å². The van der Waals surface area contributed by atoms with Crippen molar-refractivity contribution in [1.29, 1.82) is 0 Å². The zero-order valence-electron chi connectivity index (χ0n) is 10.9. The molecule has 0 atom stereocenters. The molecule has 1 heterocycles. The zero-order chi connectivity index (χ0) is 13.0. The molecule has 94 valence electrons. The number of methoxy groups -OCH3 is 1. The molecule has 1 aromatic heterocycles. The predicted octanol–water partition coefficient (Wildman–Crippen LogP) is 2.76. The van der Waals surface area contributed by atoms with Crippen LogP contribution in [-0.4, -0.2) is 24.1 Å². The van der Waals surface area contributed by atoms with Crippen LogP contribution < -0.4 is 10.1 Å². The lowest BCUT2D eigenvalue weighted by molar-refractivity contribution is 0.416. The van der Waals surface area contributed by atoms with Gasteiger partial charge < -0.3 is 10.1 Å². The van der Waals surface area contributed by atoms with Crippen molar-refractivity contribution in [3.63, 3.8) is 0 Å². The van der Waals surface area contributed by atoms with E-state index in [0.29, 0.717) is 0 Å². The van der Waals surface area contributed by atoms with E-state index in [-0.39, 0.29) is 0 Å². The molecule has 0 amide bonds. The summed E-state index contributed by atoms with van der Waals surface area (Å²) in [5.41, 5.74) is 3.02. The Labute approximate surface area is 107 Å². The van der Waals surface area contributed by atoms with Gasteiger partial charge in [0, 0.05) is 18.2 Å². The third-order valence-electron chi connectivity index (χ3n) is 2.90. The van der Waals surface area contributed by atoms with Gasteiger partial charge in [0.05, 0.1) is 12.8 Å². The maximum absolute atomic E-state index is 5.39. The molecule has 2 rings (SSSR count). The summed E-state index contributed by atoms with van der Waals surface area (Å²) >= 11 is 0. The van der Waals surface area contributed by atoms with Crippen LogP contribution in [-0.2, 0) is 6.42 Å². The minimum atomic E-state index is 0.827. The Bertz CT molecular complexity index is 540. The molecule has 0 fully saturated rings. The van der Waals surface area contributed by atoms with Gasteiger partial charge in [0.2, 0.25) is 0 Å². The van der Waals surface area contributed by atoms with Gasteiger partial charge in [-0.15, -0.1) is 0 Å². The van der Waals surface area contributed by atoms with Crippen LogP contribution in [0.1, 0.15) is 12.5 Å². The lowest BCUT2D eigenvalue weighted by atomic mass is 10.0. The first-order chi connectivity index (χ1) is 8.81. The number of anilines is 1.